The monoisotopic (exact) mass is 294 g/mol. The molecular formula is C17H30N2O2. The van der Waals surface area contributed by atoms with E-state index in [0.29, 0.717) is 5.92 Å². The first-order valence-electron chi connectivity index (χ1n) is 8.18. The van der Waals surface area contributed by atoms with Crippen LogP contribution in [0.3, 0.4) is 0 Å². The zero-order chi connectivity index (χ0) is 15.8. The van der Waals surface area contributed by atoms with Crippen molar-refractivity contribution >= 4 is 5.91 Å². The van der Waals surface area contributed by atoms with Gasteiger partial charge in [-0.2, -0.15) is 0 Å². The molecule has 120 valence electrons. The second-order valence-corrected chi connectivity index (χ2v) is 8.98. The number of carbonyl (C=O) groups is 1. The van der Waals surface area contributed by atoms with Gasteiger partial charge in [-0.05, 0) is 23.2 Å². The number of hydrogen-bond acceptors (Lipinski definition) is 3. The second kappa shape index (κ2) is 4.02. The summed E-state index contributed by atoms with van der Waals surface area (Å²) in [6.07, 6.45) is 1.04. The van der Waals surface area contributed by atoms with Gasteiger partial charge in [0.25, 0.3) is 0 Å². The van der Waals surface area contributed by atoms with Gasteiger partial charge in [-0.25, -0.2) is 0 Å². The third-order valence-electron chi connectivity index (χ3n) is 7.62. The van der Waals surface area contributed by atoms with Gasteiger partial charge >= 0.3 is 0 Å². The minimum absolute atomic E-state index is 0.0118. The number of nitrogens with one attached hydrogen (secondary N) is 1. The molecule has 1 heterocycles. The number of ether oxygens (including phenoxy) is 1. The molecule has 3 atom stereocenters. The zero-order valence-corrected chi connectivity index (χ0v) is 14.2. The van der Waals surface area contributed by atoms with Crippen molar-refractivity contribution in [2.45, 2.75) is 59.6 Å². The van der Waals surface area contributed by atoms with Crippen molar-refractivity contribution in [3.63, 3.8) is 0 Å². The normalized spacial score (nSPS) is 42.0. The lowest BCUT2D eigenvalue weighted by atomic mass is 9.48. The molecule has 3 aliphatic rings. The van der Waals surface area contributed by atoms with Crippen molar-refractivity contribution in [2.75, 3.05) is 13.2 Å². The van der Waals surface area contributed by atoms with Crippen LogP contribution in [0.4, 0.5) is 0 Å². The minimum Gasteiger partial charge on any atom is -0.377 e. The van der Waals surface area contributed by atoms with Crippen LogP contribution < -0.4 is 11.1 Å². The summed E-state index contributed by atoms with van der Waals surface area (Å²) in [4.78, 5) is 12.8. The Balaban J connectivity index is 1.67. The molecule has 3 fully saturated rings. The number of hydrogen-bond donors (Lipinski definition) is 2. The van der Waals surface area contributed by atoms with Crippen molar-refractivity contribution in [2.24, 2.45) is 33.8 Å². The highest BCUT2D eigenvalue weighted by Gasteiger charge is 2.71. The fraction of sp³-hybridized carbons (Fsp3) is 0.941. The number of nitrogens with two attached hydrogens (primary N) is 1. The predicted octanol–water partition coefficient (Wildman–Crippen LogP) is 1.93. The highest BCUT2D eigenvalue weighted by Crippen LogP contribution is 2.68. The van der Waals surface area contributed by atoms with Crippen molar-refractivity contribution in [3.8, 4) is 0 Å². The molecule has 4 nitrogen and oxygen atoms in total. The first-order chi connectivity index (χ1) is 9.49. The fourth-order valence-electron chi connectivity index (χ4n) is 5.03. The lowest BCUT2D eigenvalue weighted by molar-refractivity contribution is -0.175. The van der Waals surface area contributed by atoms with E-state index >= 15 is 0 Å². The van der Waals surface area contributed by atoms with E-state index in [1.807, 2.05) is 0 Å². The molecule has 3 rings (SSSR count). The van der Waals surface area contributed by atoms with E-state index in [9.17, 15) is 4.79 Å². The summed E-state index contributed by atoms with van der Waals surface area (Å²) in [6, 6.07) is 0. The summed E-state index contributed by atoms with van der Waals surface area (Å²) in [5.41, 5.74) is 6.07. The van der Waals surface area contributed by atoms with Crippen LogP contribution in [0.5, 0.6) is 0 Å². The van der Waals surface area contributed by atoms with Crippen LogP contribution in [-0.2, 0) is 9.53 Å². The summed E-state index contributed by atoms with van der Waals surface area (Å²) >= 11 is 0. The summed E-state index contributed by atoms with van der Waals surface area (Å²) in [5.74, 6) is 0.710. The van der Waals surface area contributed by atoms with E-state index in [-0.39, 0.29) is 34.2 Å². The highest BCUT2D eigenvalue weighted by atomic mass is 16.5. The Bertz CT molecular complexity index is 469. The Labute approximate surface area is 128 Å². The van der Waals surface area contributed by atoms with Crippen LogP contribution >= 0.6 is 0 Å². The van der Waals surface area contributed by atoms with E-state index in [1.54, 1.807) is 0 Å². The molecule has 0 aromatic heterocycles. The Morgan fingerprint density at radius 3 is 2.24 bits per heavy atom. The molecule has 3 unspecified atom stereocenters. The maximum Gasteiger partial charge on any atom is 0.241 e. The van der Waals surface area contributed by atoms with Crippen LogP contribution in [0, 0.1) is 28.1 Å². The molecule has 0 aromatic carbocycles. The average molecular weight is 294 g/mol. The molecule has 0 spiro atoms. The number of amides is 1. The summed E-state index contributed by atoms with van der Waals surface area (Å²) in [6.45, 7) is 14.7. The zero-order valence-electron chi connectivity index (χ0n) is 14.2. The minimum atomic E-state index is -0.780. The van der Waals surface area contributed by atoms with E-state index in [2.05, 4.69) is 46.9 Å². The predicted molar refractivity (Wildman–Crippen MR) is 82.6 cm³/mol. The van der Waals surface area contributed by atoms with Gasteiger partial charge < -0.3 is 15.8 Å². The quantitative estimate of drug-likeness (QED) is 0.836. The van der Waals surface area contributed by atoms with Gasteiger partial charge in [-0.15, -0.1) is 0 Å². The van der Waals surface area contributed by atoms with Gasteiger partial charge in [0.15, 0.2) is 0 Å². The number of fused-ring (bicyclic) bond motifs is 1. The third-order valence-corrected chi connectivity index (χ3v) is 7.62. The molecule has 2 saturated carbocycles. The lowest BCUT2D eigenvalue weighted by Gasteiger charge is -2.60. The van der Waals surface area contributed by atoms with Gasteiger partial charge in [-0.1, -0.05) is 41.5 Å². The van der Waals surface area contributed by atoms with Crippen LogP contribution in [0.1, 0.15) is 48.0 Å². The van der Waals surface area contributed by atoms with Crippen molar-refractivity contribution in [3.05, 3.63) is 0 Å². The van der Waals surface area contributed by atoms with Gasteiger partial charge in [0.1, 0.15) is 5.54 Å². The molecule has 1 saturated heterocycles. The number of carbonyl (C=O) groups excluding carboxylic acids is 1. The Morgan fingerprint density at radius 1 is 1.14 bits per heavy atom. The SMILES string of the molecule is CC1(C)C(CNC(=O)C2(N)C3CCOC3C2(C)C)C1(C)C. The van der Waals surface area contributed by atoms with E-state index in [0.717, 1.165) is 19.6 Å². The van der Waals surface area contributed by atoms with Gasteiger partial charge in [-0.3, -0.25) is 4.79 Å². The van der Waals surface area contributed by atoms with Crippen LogP contribution in [-0.4, -0.2) is 30.7 Å². The van der Waals surface area contributed by atoms with Crippen LogP contribution in [0.2, 0.25) is 0 Å². The standard InChI is InChI=1S/C17H30N2O2/c1-14(2)11(15(14,3)4)9-19-13(20)17(18)10-7-8-21-12(10)16(17,5)6/h10-12H,7-9,18H2,1-6H3,(H,19,20). The Morgan fingerprint density at radius 2 is 1.71 bits per heavy atom. The molecule has 2 aliphatic carbocycles. The molecule has 0 radical (unpaired) electrons. The maximum atomic E-state index is 12.8. The topological polar surface area (TPSA) is 64.4 Å². The third kappa shape index (κ3) is 1.61. The average Bonchev–Trinajstić information content (AvgIpc) is 2.77. The van der Waals surface area contributed by atoms with Crippen molar-refractivity contribution in [1.82, 2.24) is 5.32 Å². The van der Waals surface area contributed by atoms with Gasteiger partial charge in [0, 0.05) is 24.5 Å². The first-order valence-corrected chi connectivity index (χ1v) is 8.18. The van der Waals surface area contributed by atoms with Crippen LogP contribution in [0.25, 0.3) is 0 Å². The number of rotatable bonds is 3. The fourth-order valence-corrected chi connectivity index (χ4v) is 5.03. The smallest absolute Gasteiger partial charge is 0.241 e. The van der Waals surface area contributed by atoms with E-state index in [1.165, 1.54) is 0 Å². The van der Waals surface area contributed by atoms with E-state index in [4.69, 9.17) is 10.5 Å². The maximum absolute atomic E-state index is 12.8. The molecule has 1 aliphatic heterocycles. The van der Waals surface area contributed by atoms with Crippen molar-refractivity contribution < 1.29 is 9.53 Å². The molecule has 4 heteroatoms. The van der Waals surface area contributed by atoms with Gasteiger partial charge in [0.2, 0.25) is 5.91 Å². The molecule has 3 N–H and O–H groups in total. The molecule has 0 bridgehead atoms. The van der Waals surface area contributed by atoms with Crippen molar-refractivity contribution in [1.29, 1.82) is 0 Å². The highest BCUT2D eigenvalue weighted by molar-refractivity contribution is 5.89. The Kier molecular flexibility index (Phi) is 2.93. The molecular weight excluding hydrogens is 264 g/mol. The van der Waals surface area contributed by atoms with E-state index < -0.39 is 5.54 Å². The first kappa shape index (κ1) is 15.3. The lowest BCUT2D eigenvalue weighted by Crippen LogP contribution is -2.80. The largest absolute Gasteiger partial charge is 0.377 e. The summed E-state index contributed by atoms with van der Waals surface area (Å²) in [5, 5.41) is 3.15. The molecule has 0 aromatic rings. The van der Waals surface area contributed by atoms with Gasteiger partial charge in [0.05, 0.1) is 6.10 Å². The Hall–Kier alpha value is -0.610. The summed E-state index contributed by atoms with van der Waals surface area (Å²) in [7, 11) is 0. The second-order valence-electron chi connectivity index (χ2n) is 8.98. The molecule has 1 amide bonds. The van der Waals surface area contributed by atoms with Crippen LogP contribution in [0.15, 0.2) is 0 Å². The summed E-state index contributed by atoms with van der Waals surface area (Å²) < 4.78 is 5.76. The molecule has 21 heavy (non-hydrogen) atoms.